The molecule has 0 saturated carbocycles. The van der Waals surface area contributed by atoms with Gasteiger partial charge in [-0.05, 0) is 29.5 Å². The molecule has 0 radical (unpaired) electrons. The summed E-state index contributed by atoms with van der Waals surface area (Å²) in [7, 11) is 0. The lowest BCUT2D eigenvalue weighted by atomic mass is 10.2. The van der Waals surface area contributed by atoms with Crippen molar-refractivity contribution in [2.75, 3.05) is 5.73 Å². The molecular formula is C15H11N5O. The highest BCUT2D eigenvalue weighted by atomic mass is 16.7. The average Bonchev–Trinajstić information content (AvgIpc) is 2.92. The number of benzene rings is 2. The van der Waals surface area contributed by atoms with Crippen molar-refractivity contribution < 1.29 is 4.84 Å². The zero-order valence-electron chi connectivity index (χ0n) is 11.0. The van der Waals surface area contributed by atoms with Gasteiger partial charge in [0.15, 0.2) is 0 Å². The second kappa shape index (κ2) is 4.45. The smallest absolute Gasteiger partial charge is 0.249 e. The Morgan fingerprint density at radius 1 is 0.952 bits per heavy atom. The molecule has 6 heteroatoms. The maximum absolute atomic E-state index is 5.94. The van der Waals surface area contributed by atoms with Gasteiger partial charge in [-0.15, -0.1) is 5.10 Å². The maximum Gasteiger partial charge on any atom is 0.249 e. The summed E-state index contributed by atoms with van der Waals surface area (Å²) in [4.78, 5) is 11.4. The molecule has 0 amide bonds. The third-order valence-corrected chi connectivity index (χ3v) is 3.23. The highest BCUT2D eigenvalue weighted by Crippen LogP contribution is 2.22. The van der Waals surface area contributed by atoms with E-state index in [0.29, 0.717) is 17.1 Å². The number of nitrogens with zero attached hydrogens (tertiary/aromatic N) is 4. The van der Waals surface area contributed by atoms with E-state index < -0.39 is 0 Å². The normalized spacial score (nSPS) is 11.0. The Morgan fingerprint density at radius 3 is 2.81 bits per heavy atom. The molecule has 2 aromatic carbocycles. The van der Waals surface area contributed by atoms with Crippen LogP contribution in [0.15, 0.2) is 54.6 Å². The van der Waals surface area contributed by atoms with E-state index in [1.807, 2.05) is 48.5 Å². The maximum atomic E-state index is 5.94. The predicted molar refractivity (Wildman–Crippen MR) is 79.7 cm³/mol. The van der Waals surface area contributed by atoms with E-state index in [-0.39, 0.29) is 0 Å². The van der Waals surface area contributed by atoms with E-state index in [9.17, 15) is 0 Å². The topological polar surface area (TPSA) is 78.9 Å². The van der Waals surface area contributed by atoms with Gasteiger partial charge in [0.05, 0.1) is 11.2 Å². The number of fused-ring (bicyclic) bond motifs is 2. The Morgan fingerprint density at radius 2 is 1.86 bits per heavy atom. The molecular weight excluding hydrogens is 266 g/mol. The molecule has 102 valence electrons. The molecule has 2 heterocycles. The third kappa shape index (κ3) is 1.93. The number of nitrogen functional groups attached to an aromatic ring is 1. The van der Waals surface area contributed by atoms with Crippen LogP contribution in [0.5, 0.6) is 5.88 Å². The number of hydrogen-bond acceptors (Lipinski definition) is 5. The van der Waals surface area contributed by atoms with Crippen LogP contribution in [0, 0.1) is 0 Å². The van der Waals surface area contributed by atoms with Gasteiger partial charge in [-0.25, -0.2) is 4.98 Å². The minimum Gasteiger partial charge on any atom is -0.397 e. The summed E-state index contributed by atoms with van der Waals surface area (Å²) in [6.07, 6.45) is 0. The fourth-order valence-corrected chi connectivity index (χ4v) is 2.21. The van der Waals surface area contributed by atoms with Crippen molar-refractivity contribution in [3.05, 3.63) is 54.6 Å². The van der Waals surface area contributed by atoms with E-state index in [1.54, 1.807) is 6.07 Å². The molecule has 2 aromatic heterocycles. The summed E-state index contributed by atoms with van der Waals surface area (Å²) in [5.74, 6) is 0.413. The largest absolute Gasteiger partial charge is 0.397 e. The van der Waals surface area contributed by atoms with Crippen LogP contribution in [-0.4, -0.2) is 20.1 Å². The lowest BCUT2D eigenvalue weighted by Crippen LogP contribution is -2.08. The number of anilines is 1. The molecule has 0 aliphatic carbocycles. The molecule has 6 nitrogen and oxygen atoms in total. The van der Waals surface area contributed by atoms with E-state index >= 15 is 0 Å². The summed E-state index contributed by atoms with van der Waals surface area (Å²) in [5.41, 5.74) is 8.80. The summed E-state index contributed by atoms with van der Waals surface area (Å²) in [6.45, 7) is 0. The predicted octanol–water partition coefficient (Wildman–Crippen LogP) is 2.40. The highest BCUT2D eigenvalue weighted by Gasteiger charge is 2.07. The number of hydrogen-bond donors (Lipinski definition) is 1. The summed E-state index contributed by atoms with van der Waals surface area (Å²) in [5, 5.41) is 8.96. The Balaban J connectivity index is 1.79. The molecule has 0 aliphatic heterocycles. The van der Waals surface area contributed by atoms with E-state index in [1.165, 1.54) is 4.85 Å². The van der Waals surface area contributed by atoms with Crippen molar-refractivity contribution in [3.8, 4) is 5.88 Å². The molecule has 0 unspecified atom stereocenters. The molecule has 21 heavy (non-hydrogen) atoms. The first-order valence-corrected chi connectivity index (χ1v) is 6.45. The number of aromatic nitrogens is 4. The first-order chi connectivity index (χ1) is 10.3. The number of nitrogens with two attached hydrogens (primary N) is 1. The monoisotopic (exact) mass is 277 g/mol. The van der Waals surface area contributed by atoms with Crippen LogP contribution in [0.3, 0.4) is 0 Å². The van der Waals surface area contributed by atoms with Gasteiger partial charge in [0.25, 0.3) is 0 Å². The van der Waals surface area contributed by atoms with E-state index in [2.05, 4.69) is 15.3 Å². The molecule has 4 aromatic rings. The summed E-state index contributed by atoms with van der Waals surface area (Å²) >= 11 is 0. The number of pyridine rings is 1. The summed E-state index contributed by atoms with van der Waals surface area (Å²) in [6, 6.07) is 16.9. The SMILES string of the molecule is Nc1cccc2ccc(On3nnc4ccccc43)nc12. The molecule has 0 spiro atoms. The molecule has 4 rings (SSSR count). The van der Waals surface area contributed by atoms with E-state index in [4.69, 9.17) is 10.6 Å². The van der Waals surface area contributed by atoms with Crippen molar-refractivity contribution in [2.24, 2.45) is 0 Å². The van der Waals surface area contributed by atoms with Crippen LogP contribution in [-0.2, 0) is 0 Å². The van der Waals surface area contributed by atoms with Crippen LogP contribution in [0.4, 0.5) is 5.69 Å². The summed E-state index contributed by atoms with van der Waals surface area (Å²) < 4.78 is 0. The average molecular weight is 277 g/mol. The number of rotatable bonds is 2. The van der Waals surface area contributed by atoms with E-state index in [0.717, 1.165) is 16.4 Å². The quantitative estimate of drug-likeness (QED) is 0.569. The fraction of sp³-hybridized carbons (Fsp3) is 0. The van der Waals surface area contributed by atoms with Crippen LogP contribution >= 0.6 is 0 Å². The fourth-order valence-electron chi connectivity index (χ4n) is 2.21. The highest BCUT2D eigenvalue weighted by molar-refractivity contribution is 5.89. The van der Waals surface area contributed by atoms with Crippen molar-refractivity contribution in [1.82, 2.24) is 20.1 Å². The van der Waals surface area contributed by atoms with Gasteiger partial charge in [-0.2, -0.15) is 0 Å². The first-order valence-electron chi connectivity index (χ1n) is 6.45. The van der Waals surface area contributed by atoms with Gasteiger partial charge in [0, 0.05) is 11.5 Å². The van der Waals surface area contributed by atoms with Gasteiger partial charge < -0.3 is 10.6 Å². The third-order valence-electron chi connectivity index (χ3n) is 3.23. The second-order valence-electron chi connectivity index (χ2n) is 4.61. The van der Waals surface area contributed by atoms with Crippen LogP contribution in [0.1, 0.15) is 0 Å². The molecule has 0 bridgehead atoms. The molecule has 0 saturated heterocycles. The van der Waals surface area contributed by atoms with Crippen LogP contribution in [0.2, 0.25) is 0 Å². The Labute approximate surface area is 119 Å². The Bertz CT molecular complexity index is 947. The van der Waals surface area contributed by atoms with Gasteiger partial charge in [-0.1, -0.05) is 29.1 Å². The van der Waals surface area contributed by atoms with Crippen LogP contribution < -0.4 is 10.6 Å². The van der Waals surface area contributed by atoms with Crippen molar-refractivity contribution in [1.29, 1.82) is 0 Å². The first kappa shape index (κ1) is 11.7. The van der Waals surface area contributed by atoms with Gasteiger partial charge in [0.1, 0.15) is 11.0 Å². The van der Waals surface area contributed by atoms with Gasteiger partial charge in [-0.3, -0.25) is 0 Å². The lowest BCUT2D eigenvalue weighted by molar-refractivity contribution is 0.176. The standard InChI is InChI=1S/C15H11N5O/c16-11-5-3-4-10-8-9-14(17-15(10)11)21-20-13-7-2-1-6-12(13)18-19-20/h1-9H,16H2. The number of para-hydroxylation sites is 2. The molecule has 0 fully saturated rings. The molecule has 2 N–H and O–H groups in total. The minimum absolute atomic E-state index is 0.413. The van der Waals surface area contributed by atoms with Crippen molar-refractivity contribution in [2.45, 2.75) is 0 Å². The Hall–Kier alpha value is -3.15. The van der Waals surface area contributed by atoms with Crippen molar-refractivity contribution >= 4 is 27.6 Å². The Kier molecular flexibility index (Phi) is 2.47. The lowest BCUT2D eigenvalue weighted by Gasteiger charge is -2.06. The molecule has 0 atom stereocenters. The van der Waals surface area contributed by atoms with Gasteiger partial charge >= 0.3 is 0 Å². The second-order valence-corrected chi connectivity index (χ2v) is 4.61. The van der Waals surface area contributed by atoms with Crippen molar-refractivity contribution in [3.63, 3.8) is 0 Å². The molecule has 0 aliphatic rings. The zero-order valence-corrected chi connectivity index (χ0v) is 11.0. The minimum atomic E-state index is 0.413. The van der Waals surface area contributed by atoms with Gasteiger partial charge in [0.2, 0.25) is 5.88 Å². The zero-order chi connectivity index (χ0) is 14.2. The van der Waals surface area contributed by atoms with Crippen LogP contribution in [0.25, 0.3) is 21.9 Å².